The highest BCUT2D eigenvalue weighted by atomic mass is 16.2. The number of hydrogen-bond donors (Lipinski definition) is 1. The standard InChI is InChI=1S/C16H30N2O/c1-4-11-18(12-13-7-6-10-17-13)15(19)14-8-5-9-16(14,2)3/h13-14,17H,4-12H2,1-3H3. The van der Waals surface area contributed by atoms with Crippen molar-refractivity contribution >= 4 is 5.91 Å². The van der Waals surface area contributed by atoms with Gasteiger partial charge in [0.2, 0.25) is 5.91 Å². The maximum Gasteiger partial charge on any atom is 0.226 e. The minimum absolute atomic E-state index is 0.201. The van der Waals surface area contributed by atoms with Crippen molar-refractivity contribution in [3.63, 3.8) is 0 Å². The number of carbonyl (C=O) groups excluding carboxylic acids is 1. The van der Waals surface area contributed by atoms with Crippen LogP contribution in [0.4, 0.5) is 0 Å². The number of nitrogens with one attached hydrogen (secondary N) is 1. The summed E-state index contributed by atoms with van der Waals surface area (Å²) in [4.78, 5) is 15.0. The molecular weight excluding hydrogens is 236 g/mol. The molecule has 0 aromatic carbocycles. The van der Waals surface area contributed by atoms with Gasteiger partial charge in [-0.25, -0.2) is 0 Å². The summed E-state index contributed by atoms with van der Waals surface area (Å²) in [5.74, 6) is 0.665. The zero-order chi connectivity index (χ0) is 13.9. The average Bonchev–Trinajstić information content (AvgIpc) is 2.97. The molecule has 0 aromatic heterocycles. The lowest BCUT2D eigenvalue weighted by Crippen LogP contribution is -2.46. The SMILES string of the molecule is CCCN(CC1CCCN1)C(=O)C1CCCC1(C)C. The largest absolute Gasteiger partial charge is 0.341 e. The summed E-state index contributed by atoms with van der Waals surface area (Å²) in [7, 11) is 0. The van der Waals surface area contributed by atoms with E-state index >= 15 is 0 Å². The molecule has 1 N–H and O–H groups in total. The fourth-order valence-electron chi connectivity index (χ4n) is 3.74. The van der Waals surface area contributed by atoms with Crippen LogP contribution in [0.5, 0.6) is 0 Å². The molecule has 0 aromatic rings. The molecule has 2 aliphatic rings. The van der Waals surface area contributed by atoms with Crippen molar-refractivity contribution in [3.05, 3.63) is 0 Å². The van der Waals surface area contributed by atoms with Gasteiger partial charge in [-0.05, 0) is 44.1 Å². The maximum atomic E-state index is 12.8. The van der Waals surface area contributed by atoms with Crippen LogP contribution in [-0.2, 0) is 4.79 Å². The van der Waals surface area contributed by atoms with E-state index in [1.54, 1.807) is 0 Å². The molecule has 3 nitrogen and oxygen atoms in total. The smallest absolute Gasteiger partial charge is 0.226 e. The first kappa shape index (κ1) is 14.8. The Labute approximate surface area is 118 Å². The van der Waals surface area contributed by atoms with E-state index in [0.717, 1.165) is 32.5 Å². The molecule has 2 rings (SSSR count). The Balaban J connectivity index is 1.98. The molecule has 110 valence electrons. The van der Waals surface area contributed by atoms with Gasteiger partial charge in [-0.15, -0.1) is 0 Å². The van der Waals surface area contributed by atoms with Crippen molar-refractivity contribution in [3.8, 4) is 0 Å². The van der Waals surface area contributed by atoms with Crippen LogP contribution in [0.25, 0.3) is 0 Å². The van der Waals surface area contributed by atoms with Gasteiger partial charge in [0, 0.05) is 25.0 Å². The number of amides is 1. The molecule has 1 saturated carbocycles. The van der Waals surface area contributed by atoms with E-state index < -0.39 is 0 Å². The molecule has 1 amide bonds. The molecule has 1 aliphatic carbocycles. The number of hydrogen-bond acceptors (Lipinski definition) is 2. The molecule has 2 atom stereocenters. The van der Waals surface area contributed by atoms with Crippen molar-refractivity contribution in [2.45, 2.75) is 65.3 Å². The monoisotopic (exact) mass is 266 g/mol. The summed E-state index contributed by atoms with van der Waals surface area (Å²) in [6.07, 6.45) is 7.04. The van der Waals surface area contributed by atoms with Crippen molar-refractivity contribution in [2.75, 3.05) is 19.6 Å². The second kappa shape index (κ2) is 6.25. The second-order valence-electron chi connectivity index (χ2n) is 7.01. The van der Waals surface area contributed by atoms with Crippen LogP contribution in [0.15, 0.2) is 0 Å². The summed E-state index contributed by atoms with van der Waals surface area (Å²) >= 11 is 0. The number of nitrogens with zero attached hydrogens (tertiary/aromatic N) is 1. The van der Waals surface area contributed by atoms with Gasteiger partial charge in [0.25, 0.3) is 0 Å². The van der Waals surface area contributed by atoms with E-state index in [9.17, 15) is 4.79 Å². The number of carbonyl (C=O) groups is 1. The quantitative estimate of drug-likeness (QED) is 0.830. The zero-order valence-electron chi connectivity index (χ0n) is 12.9. The topological polar surface area (TPSA) is 32.3 Å². The molecule has 2 fully saturated rings. The Morgan fingerprint density at radius 3 is 2.63 bits per heavy atom. The maximum absolute atomic E-state index is 12.8. The molecule has 1 heterocycles. The van der Waals surface area contributed by atoms with Crippen molar-refractivity contribution in [1.82, 2.24) is 10.2 Å². The van der Waals surface area contributed by atoms with E-state index in [0.29, 0.717) is 11.9 Å². The Bertz CT molecular complexity index is 308. The van der Waals surface area contributed by atoms with Gasteiger partial charge in [-0.1, -0.05) is 27.2 Å². The highest BCUT2D eigenvalue weighted by molar-refractivity contribution is 5.80. The minimum Gasteiger partial charge on any atom is -0.341 e. The van der Waals surface area contributed by atoms with E-state index in [1.807, 2.05) is 0 Å². The van der Waals surface area contributed by atoms with E-state index in [-0.39, 0.29) is 11.3 Å². The van der Waals surface area contributed by atoms with Crippen LogP contribution >= 0.6 is 0 Å². The van der Waals surface area contributed by atoms with Crippen LogP contribution in [0.1, 0.15) is 59.3 Å². The molecule has 1 saturated heterocycles. The van der Waals surface area contributed by atoms with Gasteiger partial charge >= 0.3 is 0 Å². The van der Waals surface area contributed by atoms with Gasteiger partial charge < -0.3 is 10.2 Å². The summed E-state index contributed by atoms with van der Waals surface area (Å²) in [6.45, 7) is 9.65. The van der Waals surface area contributed by atoms with Crippen LogP contribution in [0.3, 0.4) is 0 Å². The molecule has 0 radical (unpaired) electrons. The molecule has 2 unspecified atom stereocenters. The molecule has 1 aliphatic heterocycles. The lowest BCUT2D eigenvalue weighted by atomic mass is 9.81. The van der Waals surface area contributed by atoms with Crippen LogP contribution in [0.2, 0.25) is 0 Å². The molecular formula is C16H30N2O. The van der Waals surface area contributed by atoms with Crippen LogP contribution in [-0.4, -0.2) is 36.5 Å². The van der Waals surface area contributed by atoms with E-state index in [1.165, 1.54) is 25.7 Å². The molecule has 0 bridgehead atoms. The fraction of sp³-hybridized carbons (Fsp3) is 0.938. The Hall–Kier alpha value is -0.570. The average molecular weight is 266 g/mol. The van der Waals surface area contributed by atoms with Crippen molar-refractivity contribution in [2.24, 2.45) is 11.3 Å². The fourth-order valence-corrected chi connectivity index (χ4v) is 3.74. The predicted octanol–water partition coefficient (Wildman–Crippen LogP) is 2.80. The van der Waals surface area contributed by atoms with Gasteiger partial charge in [0.05, 0.1) is 0 Å². The first-order valence-electron chi connectivity index (χ1n) is 8.07. The molecule has 19 heavy (non-hydrogen) atoms. The normalized spacial score (nSPS) is 29.6. The van der Waals surface area contributed by atoms with Gasteiger partial charge in [0.15, 0.2) is 0 Å². The van der Waals surface area contributed by atoms with Crippen LogP contribution in [0, 0.1) is 11.3 Å². The summed E-state index contributed by atoms with van der Waals surface area (Å²) in [6, 6.07) is 0.528. The van der Waals surface area contributed by atoms with Gasteiger partial charge in [0.1, 0.15) is 0 Å². The molecule has 0 spiro atoms. The van der Waals surface area contributed by atoms with E-state index in [4.69, 9.17) is 0 Å². The highest BCUT2D eigenvalue weighted by Gasteiger charge is 2.41. The lowest BCUT2D eigenvalue weighted by molar-refractivity contribution is -0.138. The lowest BCUT2D eigenvalue weighted by Gasteiger charge is -2.33. The summed E-state index contributed by atoms with van der Waals surface area (Å²) in [5, 5.41) is 3.52. The third-order valence-electron chi connectivity index (χ3n) is 4.96. The number of rotatable bonds is 5. The summed E-state index contributed by atoms with van der Waals surface area (Å²) in [5.41, 5.74) is 0.201. The van der Waals surface area contributed by atoms with Crippen molar-refractivity contribution in [1.29, 1.82) is 0 Å². The third kappa shape index (κ3) is 3.50. The first-order chi connectivity index (χ1) is 9.04. The highest BCUT2D eigenvalue weighted by Crippen LogP contribution is 2.43. The summed E-state index contributed by atoms with van der Waals surface area (Å²) < 4.78 is 0. The second-order valence-corrected chi connectivity index (χ2v) is 7.01. The Morgan fingerprint density at radius 2 is 2.11 bits per heavy atom. The van der Waals surface area contributed by atoms with E-state index in [2.05, 4.69) is 31.0 Å². The van der Waals surface area contributed by atoms with Crippen LogP contribution < -0.4 is 5.32 Å². The van der Waals surface area contributed by atoms with Gasteiger partial charge in [-0.2, -0.15) is 0 Å². The molecule has 3 heteroatoms. The third-order valence-corrected chi connectivity index (χ3v) is 4.96. The Morgan fingerprint density at radius 1 is 1.32 bits per heavy atom. The van der Waals surface area contributed by atoms with Crippen molar-refractivity contribution < 1.29 is 4.79 Å². The first-order valence-corrected chi connectivity index (χ1v) is 8.07. The Kier molecular flexibility index (Phi) is 4.88. The van der Waals surface area contributed by atoms with Gasteiger partial charge in [-0.3, -0.25) is 4.79 Å². The predicted molar refractivity (Wildman–Crippen MR) is 79.0 cm³/mol. The minimum atomic E-state index is 0.201. The zero-order valence-corrected chi connectivity index (χ0v) is 12.9.